The Morgan fingerprint density at radius 3 is 3.00 bits per heavy atom. The van der Waals surface area contributed by atoms with Gasteiger partial charge >= 0.3 is 0 Å². The van der Waals surface area contributed by atoms with E-state index in [4.69, 9.17) is 9.47 Å². The van der Waals surface area contributed by atoms with Crippen LogP contribution in [0.1, 0.15) is 26.7 Å². The maximum atomic E-state index is 10.8. The minimum Gasteiger partial charge on any atom is -0.477 e. The van der Waals surface area contributed by atoms with E-state index in [1.54, 1.807) is 6.33 Å². The van der Waals surface area contributed by atoms with Crippen LogP contribution in [0.25, 0.3) is 11.0 Å². The second kappa shape index (κ2) is 7.61. The normalized spacial score (nSPS) is 19.9. The van der Waals surface area contributed by atoms with E-state index in [1.807, 2.05) is 12.3 Å². The number of hydrogen-bond donors (Lipinski definition) is 1. The summed E-state index contributed by atoms with van der Waals surface area (Å²) in [7, 11) is 0. The molecule has 130 valence electrons. The molecule has 2 aromatic heterocycles. The van der Waals surface area contributed by atoms with Gasteiger partial charge in [-0.1, -0.05) is 0 Å². The molecule has 3 rings (SSSR count). The predicted molar refractivity (Wildman–Crippen MR) is 89.8 cm³/mol. The molecular formula is C17H24N4O3. The lowest BCUT2D eigenvalue weighted by atomic mass is 9.83. The van der Waals surface area contributed by atoms with Gasteiger partial charge in [0.25, 0.3) is 0 Å². The lowest BCUT2D eigenvalue weighted by Crippen LogP contribution is -2.37. The van der Waals surface area contributed by atoms with Crippen molar-refractivity contribution in [2.24, 2.45) is 5.92 Å². The van der Waals surface area contributed by atoms with E-state index in [2.05, 4.69) is 26.8 Å². The van der Waals surface area contributed by atoms with Crippen LogP contribution in [0.15, 0.2) is 18.6 Å². The van der Waals surface area contributed by atoms with E-state index >= 15 is 0 Å². The molecule has 1 N–H and O–H groups in total. The number of carbonyl (C=O) groups excluding carboxylic acids is 1. The molecule has 1 aliphatic rings. The number of ether oxygens (including phenoxy) is 2. The van der Waals surface area contributed by atoms with E-state index in [9.17, 15) is 4.79 Å². The second-order valence-corrected chi connectivity index (χ2v) is 6.14. The van der Waals surface area contributed by atoms with Crippen LogP contribution in [0.3, 0.4) is 0 Å². The van der Waals surface area contributed by atoms with Crippen LogP contribution in [0.2, 0.25) is 0 Å². The first kappa shape index (κ1) is 16.7. The number of nitrogens with zero attached hydrogens (tertiary/aromatic N) is 3. The van der Waals surface area contributed by atoms with Gasteiger partial charge in [0.15, 0.2) is 0 Å². The van der Waals surface area contributed by atoms with E-state index < -0.39 is 0 Å². The molecule has 1 amide bonds. The Balaban J connectivity index is 1.42. The van der Waals surface area contributed by atoms with Crippen LogP contribution in [-0.4, -0.2) is 46.3 Å². The monoisotopic (exact) mass is 332 g/mol. The van der Waals surface area contributed by atoms with E-state index in [1.165, 1.54) is 6.92 Å². The molecule has 0 radical (unpaired) electrons. The Morgan fingerprint density at radius 1 is 1.42 bits per heavy atom. The lowest BCUT2D eigenvalue weighted by molar-refractivity contribution is -0.119. The SMILES string of the molecule is CCn1ccc2c(OCC3CC(OCCNC(C)=O)C3)ncnc21. The van der Waals surface area contributed by atoms with Gasteiger partial charge in [-0.25, -0.2) is 9.97 Å². The van der Waals surface area contributed by atoms with Gasteiger partial charge in [0, 0.05) is 26.2 Å². The van der Waals surface area contributed by atoms with Gasteiger partial charge in [-0.3, -0.25) is 4.79 Å². The summed E-state index contributed by atoms with van der Waals surface area (Å²) in [5.74, 6) is 1.13. The highest BCUT2D eigenvalue weighted by Crippen LogP contribution is 2.31. The summed E-state index contributed by atoms with van der Waals surface area (Å²) in [5.41, 5.74) is 0.912. The first-order valence-electron chi connectivity index (χ1n) is 8.46. The average Bonchev–Trinajstić information content (AvgIpc) is 2.95. The van der Waals surface area contributed by atoms with Crippen LogP contribution in [-0.2, 0) is 16.1 Å². The molecule has 2 heterocycles. The summed E-state index contributed by atoms with van der Waals surface area (Å²) in [6.07, 6.45) is 5.82. The van der Waals surface area contributed by atoms with Crippen molar-refractivity contribution in [3.05, 3.63) is 18.6 Å². The molecule has 0 saturated heterocycles. The zero-order valence-electron chi connectivity index (χ0n) is 14.2. The van der Waals surface area contributed by atoms with Crippen molar-refractivity contribution in [3.8, 4) is 5.88 Å². The summed E-state index contributed by atoms with van der Waals surface area (Å²) >= 11 is 0. The molecule has 2 aromatic rings. The van der Waals surface area contributed by atoms with E-state index in [0.717, 1.165) is 30.4 Å². The molecular weight excluding hydrogens is 308 g/mol. The third kappa shape index (κ3) is 3.84. The zero-order chi connectivity index (χ0) is 16.9. The Kier molecular flexibility index (Phi) is 5.30. The van der Waals surface area contributed by atoms with Gasteiger partial charge in [-0.15, -0.1) is 0 Å². The molecule has 0 unspecified atom stereocenters. The number of hydrogen-bond acceptors (Lipinski definition) is 5. The number of carbonyl (C=O) groups is 1. The van der Waals surface area contributed by atoms with E-state index in [0.29, 0.717) is 31.6 Å². The topological polar surface area (TPSA) is 78.3 Å². The predicted octanol–water partition coefficient (Wildman–Crippen LogP) is 1.76. The molecule has 24 heavy (non-hydrogen) atoms. The summed E-state index contributed by atoms with van der Waals surface area (Å²) < 4.78 is 13.7. The van der Waals surface area contributed by atoms with Crippen LogP contribution in [0.4, 0.5) is 0 Å². The molecule has 1 fully saturated rings. The first-order chi connectivity index (χ1) is 11.7. The van der Waals surface area contributed by atoms with Gasteiger partial charge in [0.2, 0.25) is 11.8 Å². The minimum atomic E-state index is -0.0217. The summed E-state index contributed by atoms with van der Waals surface area (Å²) in [6, 6.07) is 2.00. The number of nitrogens with one attached hydrogen (secondary N) is 1. The molecule has 7 nitrogen and oxygen atoms in total. The highest BCUT2D eigenvalue weighted by molar-refractivity contribution is 5.81. The second-order valence-electron chi connectivity index (χ2n) is 6.14. The lowest BCUT2D eigenvalue weighted by Gasteiger charge is -2.34. The van der Waals surface area contributed by atoms with Crippen LogP contribution in [0, 0.1) is 5.92 Å². The van der Waals surface area contributed by atoms with Gasteiger partial charge in [-0.2, -0.15) is 0 Å². The molecule has 1 aliphatic carbocycles. The van der Waals surface area contributed by atoms with Gasteiger partial charge < -0.3 is 19.4 Å². The maximum Gasteiger partial charge on any atom is 0.226 e. The Labute approximate surface area is 141 Å². The highest BCUT2D eigenvalue weighted by atomic mass is 16.5. The zero-order valence-corrected chi connectivity index (χ0v) is 14.2. The van der Waals surface area contributed by atoms with E-state index in [-0.39, 0.29) is 12.0 Å². The smallest absolute Gasteiger partial charge is 0.226 e. The minimum absolute atomic E-state index is 0.0217. The number of rotatable bonds is 8. The fourth-order valence-corrected chi connectivity index (χ4v) is 2.95. The van der Waals surface area contributed by atoms with Crippen molar-refractivity contribution in [1.29, 1.82) is 0 Å². The fourth-order valence-electron chi connectivity index (χ4n) is 2.95. The number of aryl methyl sites for hydroxylation is 1. The molecule has 0 aliphatic heterocycles. The fraction of sp³-hybridized carbons (Fsp3) is 0.588. The quantitative estimate of drug-likeness (QED) is 0.745. The number of aromatic nitrogens is 3. The summed E-state index contributed by atoms with van der Waals surface area (Å²) in [6.45, 7) is 6.25. The molecule has 7 heteroatoms. The largest absolute Gasteiger partial charge is 0.477 e. The molecule has 0 atom stereocenters. The van der Waals surface area contributed by atoms with Crippen molar-refractivity contribution < 1.29 is 14.3 Å². The third-order valence-corrected chi connectivity index (χ3v) is 4.34. The summed E-state index contributed by atoms with van der Waals surface area (Å²) in [4.78, 5) is 19.3. The maximum absolute atomic E-state index is 10.8. The van der Waals surface area contributed by atoms with Crippen LogP contribution < -0.4 is 10.1 Å². The standard InChI is InChI=1S/C17H24N4O3/c1-3-21-6-4-15-16(21)19-11-20-17(15)24-10-13-8-14(9-13)23-7-5-18-12(2)22/h4,6,11,13-14H,3,5,7-10H2,1-2H3,(H,18,22). The molecule has 0 spiro atoms. The molecule has 0 aromatic carbocycles. The van der Waals surface area contributed by atoms with Crippen molar-refractivity contribution in [3.63, 3.8) is 0 Å². The van der Waals surface area contributed by atoms with Gasteiger partial charge in [-0.05, 0) is 31.7 Å². The number of fused-ring (bicyclic) bond motifs is 1. The Hall–Kier alpha value is -2.15. The first-order valence-corrected chi connectivity index (χ1v) is 8.46. The Morgan fingerprint density at radius 2 is 2.25 bits per heavy atom. The Bertz CT molecular complexity index is 694. The molecule has 0 bridgehead atoms. The number of amides is 1. The van der Waals surface area contributed by atoms with Crippen LogP contribution >= 0.6 is 0 Å². The van der Waals surface area contributed by atoms with Crippen molar-refractivity contribution in [2.75, 3.05) is 19.8 Å². The third-order valence-electron chi connectivity index (χ3n) is 4.34. The van der Waals surface area contributed by atoms with Crippen LogP contribution in [0.5, 0.6) is 5.88 Å². The average molecular weight is 332 g/mol. The van der Waals surface area contributed by atoms with Gasteiger partial charge in [0.05, 0.1) is 24.7 Å². The summed E-state index contributed by atoms with van der Waals surface area (Å²) in [5, 5.41) is 3.69. The van der Waals surface area contributed by atoms with Crippen molar-refractivity contribution in [2.45, 2.75) is 39.3 Å². The van der Waals surface area contributed by atoms with Crippen molar-refractivity contribution in [1.82, 2.24) is 19.9 Å². The van der Waals surface area contributed by atoms with Crippen molar-refractivity contribution >= 4 is 16.9 Å². The van der Waals surface area contributed by atoms with Gasteiger partial charge in [0.1, 0.15) is 12.0 Å². The highest BCUT2D eigenvalue weighted by Gasteiger charge is 2.30. The molecule has 1 saturated carbocycles.